The number of rotatable bonds is 5. The smallest absolute Gasteiger partial charge is 0.222 e. The topological polar surface area (TPSA) is 96.3 Å². The van der Waals surface area contributed by atoms with Crippen LogP contribution in [-0.2, 0) is 6.67 Å². The Balaban J connectivity index is 2.48. The summed E-state index contributed by atoms with van der Waals surface area (Å²) in [5.41, 5.74) is 12.5. The molecule has 0 radical (unpaired) electrons. The molecule has 0 aliphatic rings. The number of halogens is 1. The molecule has 0 saturated carbocycles. The van der Waals surface area contributed by atoms with Crippen LogP contribution in [-0.4, -0.2) is 17.1 Å². The molecule has 0 aliphatic carbocycles. The van der Waals surface area contributed by atoms with Crippen LogP contribution in [0.5, 0.6) is 17.2 Å². The molecule has 118 valence electrons. The standard InChI is InChI=1S/C15H19FN4O2/c1-8(2)10-5-11(21-3)9(6-16)4-12(10)22-13-7-19-15(18)20-14(13)17/h4-5,7-8H,6H2,1-3H3,(H4,17,18,19,20). The zero-order valence-corrected chi connectivity index (χ0v) is 12.8. The number of nitrogens with two attached hydrogens (primary N) is 2. The first-order valence-electron chi connectivity index (χ1n) is 6.78. The van der Waals surface area contributed by atoms with E-state index in [1.54, 1.807) is 12.1 Å². The van der Waals surface area contributed by atoms with Gasteiger partial charge in [0.15, 0.2) is 11.6 Å². The summed E-state index contributed by atoms with van der Waals surface area (Å²) in [5.74, 6) is 1.58. The van der Waals surface area contributed by atoms with Crippen LogP contribution in [0.25, 0.3) is 0 Å². The fraction of sp³-hybridized carbons (Fsp3) is 0.333. The fourth-order valence-corrected chi connectivity index (χ4v) is 2.05. The van der Waals surface area contributed by atoms with Gasteiger partial charge in [0.05, 0.1) is 13.3 Å². The van der Waals surface area contributed by atoms with Gasteiger partial charge < -0.3 is 20.9 Å². The molecule has 1 heterocycles. The first kappa shape index (κ1) is 15.8. The summed E-state index contributed by atoms with van der Waals surface area (Å²) in [7, 11) is 1.50. The van der Waals surface area contributed by atoms with Crippen molar-refractivity contribution >= 4 is 11.8 Å². The SMILES string of the molecule is COc1cc(C(C)C)c(Oc2cnc(N)nc2N)cc1CF. The van der Waals surface area contributed by atoms with E-state index in [0.717, 1.165) is 5.56 Å². The Morgan fingerprint density at radius 2 is 1.91 bits per heavy atom. The molecule has 0 saturated heterocycles. The van der Waals surface area contributed by atoms with Gasteiger partial charge in [-0.05, 0) is 18.1 Å². The molecule has 1 aromatic heterocycles. The highest BCUT2D eigenvalue weighted by atomic mass is 19.1. The molecular weight excluding hydrogens is 287 g/mol. The van der Waals surface area contributed by atoms with E-state index in [1.807, 2.05) is 13.8 Å². The molecule has 2 aromatic rings. The number of nitrogen functional groups attached to an aromatic ring is 2. The lowest BCUT2D eigenvalue weighted by Gasteiger charge is -2.17. The molecule has 22 heavy (non-hydrogen) atoms. The van der Waals surface area contributed by atoms with E-state index in [0.29, 0.717) is 17.1 Å². The first-order valence-corrected chi connectivity index (χ1v) is 6.78. The second kappa shape index (κ2) is 6.46. The van der Waals surface area contributed by atoms with Crippen molar-refractivity contribution in [2.45, 2.75) is 26.4 Å². The Morgan fingerprint density at radius 1 is 1.18 bits per heavy atom. The first-order chi connectivity index (χ1) is 10.5. The third kappa shape index (κ3) is 3.19. The van der Waals surface area contributed by atoms with Gasteiger partial charge in [-0.2, -0.15) is 4.98 Å². The number of nitrogens with zero attached hydrogens (tertiary/aromatic N) is 2. The van der Waals surface area contributed by atoms with Crippen LogP contribution in [0.4, 0.5) is 16.2 Å². The molecule has 0 fully saturated rings. The zero-order chi connectivity index (χ0) is 16.3. The molecule has 2 rings (SSSR count). The molecule has 0 atom stereocenters. The molecule has 0 bridgehead atoms. The Kier molecular flexibility index (Phi) is 4.65. The molecule has 0 aliphatic heterocycles. The second-order valence-electron chi connectivity index (χ2n) is 5.07. The third-order valence-electron chi connectivity index (χ3n) is 3.20. The van der Waals surface area contributed by atoms with Crippen molar-refractivity contribution in [3.63, 3.8) is 0 Å². The molecule has 0 unspecified atom stereocenters. The van der Waals surface area contributed by atoms with Crippen LogP contribution in [0.15, 0.2) is 18.3 Å². The zero-order valence-electron chi connectivity index (χ0n) is 12.8. The van der Waals surface area contributed by atoms with Gasteiger partial charge in [-0.15, -0.1) is 0 Å². The van der Waals surface area contributed by atoms with Crippen LogP contribution < -0.4 is 20.9 Å². The van der Waals surface area contributed by atoms with Gasteiger partial charge in [-0.3, -0.25) is 0 Å². The van der Waals surface area contributed by atoms with E-state index in [-0.39, 0.29) is 23.4 Å². The summed E-state index contributed by atoms with van der Waals surface area (Å²) in [5, 5.41) is 0. The van der Waals surface area contributed by atoms with Crippen molar-refractivity contribution in [3.8, 4) is 17.2 Å². The van der Waals surface area contributed by atoms with Crippen LogP contribution >= 0.6 is 0 Å². The Bertz CT molecular complexity index is 677. The second-order valence-corrected chi connectivity index (χ2v) is 5.07. The lowest BCUT2D eigenvalue weighted by atomic mass is 9.99. The maximum atomic E-state index is 13.2. The maximum Gasteiger partial charge on any atom is 0.222 e. The van der Waals surface area contributed by atoms with E-state index in [4.69, 9.17) is 20.9 Å². The van der Waals surface area contributed by atoms with Gasteiger partial charge in [0, 0.05) is 11.1 Å². The minimum absolute atomic E-state index is 0.0631. The van der Waals surface area contributed by atoms with Gasteiger partial charge >= 0.3 is 0 Å². The van der Waals surface area contributed by atoms with Crippen LogP contribution in [0.1, 0.15) is 30.9 Å². The molecule has 0 amide bonds. The largest absolute Gasteiger partial charge is 0.496 e. The van der Waals surface area contributed by atoms with Crippen LogP contribution in [0.2, 0.25) is 0 Å². The molecule has 4 N–H and O–H groups in total. The molecule has 1 aromatic carbocycles. The van der Waals surface area contributed by atoms with Gasteiger partial charge in [0.1, 0.15) is 18.2 Å². The van der Waals surface area contributed by atoms with Crippen molar-refractivity contribution in [1.29, 1.82) is 0 Å². The van der Waals surface area contributed by atoms with Crippen molar-refractivity contribution in [2.75, 3.05) is 18.6 Å². The van der Waals surface area contributed by atoms with Gasteiger partial charge in [0.2, 0.25) is 5.95 Å². The van der Waals surface area contributed by atoms with Gasteiger partial charge in [-0.1, -0.05) is 13.8 Å². The van der Waals surface area contributed by atoms with E-state index < -0.39 is 6.67 Å². The summed E-state index contributed by atoms with van der Waals surface area (Å²) in [6.07, 6.45) is 1.39. The van der Waals surface area contributed by atoms with Crippen molar-refractivity contribution in [3.05, 3.63) is 29.5 Å². The highest BCUT2D eigenvalue weighted by Crippen LogP contribution is 2.37. The Labute approximate surface area is 128 Å². The number of anilines is 2. The number of alkyl halides is 1. The van der Waals surface area contributed by atoms with Gasteiger partial charge in [0.25, 0.3) is 0 Å². The minimum Gasteiger partial charge on any atom is -0.496 e. The number of aromatic nitrogens is 2. The lowest BCUT2D eigenvalue weighted by molar-refractivity contribution is 0.389. The van der Waals surface area contributed by atoms with Gasteiger partial charge in [-0.25, -0.2) is 9.37 Å². The summed E-state index contributed by atoms with van der Waals surface area (Å²) < 4.78 is 24.1. The summed E-state index contributed by atoms with van der Waals surface area (Å²) >= 11 is 0. The molecule has 7 heteroatoms. The number of ether oxygens (including phenoxy) is 2. The van der Waals surface area contributed by atoms with E-state index in [1.165, 1.54) is 13.3 Å². The number of benzene rings is 1. The third-order valence-corrected chi connectivity index (χ3v) is 3.20. The maximum absolute atomic E-state index is 13.2. The number of hydrogen-bond acceptors (Lipinski definition) is 6. The normalized spacial score (nSPS) is 10.8. The van der Waals surface area contributed by atoms with Crippen LogP contribution in [0, 0.1) is 0 Å². The Hall–Kier alpha value is -2.57. The lowest BCUT2D eigenvalue weighted by Crippen LogP contribution is -2.03. The predicted molar refractivity (Wildman–Crippen MR) is 82.8 cm³/mol. The van der Waals surface area contributed by atoms with Crippen molar-refractivity contribution in [1.82, 2.24) is 9.97 Å². The average molecular weight is 306 g/mol. The minimum atomic E-state index is -0.661. The van der Waals surface area contributed by atoms with Crippen LogP contribution in [0.3, 0.4) is 0 Å². The Morgan fingerprint density at radius 3 is 2.45 bits per heavy atom. The predicted octanol–water partition coefficient (Wildman–Crippen LogP) is 3.03. The summed E-state index contributed by atoms with van der Waals surface area (Å²) in [6, 6.07) is 3.37. The van der Waals surface area contributed by atoms with E-state index >= 15 is 0 Å². The number of hydrogen-bond donors (Lipinski definition) is 2. The van der Waals surface area contributed by atoms with E-state index in [2.05, 4.69) is 9.97 Å². The molecule has 0 spiro atoms. The highest BCUT2D eigenvalue weighted by Gasteiger charge is 2.16. The number of methoxy groups -OCH3 is 1. The van der Waals surface area contributed by atoms with E-state index in [9.17, 15) is 4.39 Å². The van der Waals surface area contributed by atoms with Crippen molar-refractivity contribution < 1.29 is 13.9 Å². The summed E-state index contributed by atoms with van der Waals surface area (Å²) in [4.78, 5) is 7.69. The molecule has 6 nitrogen and oxygen atoms in total. The fourth-order valence-electron chi connectivity index (χ4n) is 2.05. The quantitative estimate of drug-likeness (QED) is 0.881. The summed E-state index contributed by atoms with van der Waals surface area (Å²) in [6.45, 7) is 3.34. The highest BCUT2D eigenvalue weighted by molar-refractivity contribution is 5.53. The monoisotopic (exact) mass is 306 g/mol. The van der Waals surface area contributed by atoms with Crippen molar-refractivity contribution in [2.24, 2.45) is 0 Å². The molecular formula is C15H19FN4O2. The average Bonchev–Trinajstić information content (AvgIpc) is 2.49.